The topological polar surface area (TPSA) is 33.4 Å². The third kappa shape index (κ3) is 2.24. The normalized spacial score (nSPS) is 12.7. The standard InChI is InChI=1S/C10H14O2/c1-7(2)4-10(11)9-5-8(3)12-6-9/h4-6,10-11H,1-3H3. The Balaban J connectivity index is 2.78. The van der Waals surface area contributed by atoms with Gasteiger partial charge in [-0.05, 0) is 26.8 Å². The van der Waals surface area contributed by atoms with Gasteiger partial charge in [0.2, 0.25) is 0 Å². The minimum atomic E-state index is -0.535. The summed E-state index contributed by atoms with van der Waals surface area (Å²) >= 11 is 0. The predicted molar refractivity (Wildman–Crippen MR) is 47.8 cm³/mol. The van der Waals surface area contributed by atoms with Crippen LogP contribution in [0.15, 0.2) is 28.4 Å². The molecular formula is C10H14O2. The van der Waals surface area contributed by atoms with E-state index in [9.17, 15) is 5.11 Å². The molecule has 2 heteroatoms. The molecule has 0 aliphatic rings. The van der Waals surface area contributed by atoms with E-state index in [2.05, 4.69) is 0 Å². The second kappa shape index (κ2) is 3.59. The summed E-state index contributed by atoms with van der Waals surface area (Å²) < 4.78 is 5.08. The highest BCUT2D eigenvalue weighted by atomic mass is 16.3. The first-order valence-electron chi connectivity index (χ1n) is 3.97. The third-order valence-corrected chi connectivity index (χ3v) is 1.58. The van der Waals surface area contributed by atoms with Crippen molar-refractivity contribution in [2.75, 3.05) is 0 Å². The molecule has 0 saturated carbocycles. The highest BCUT2D eigenvalue weighted by Gasteiger charge is 2.06. The van der Waals surface area contributed by atoms with Crippen LogP contribution in [0, 0.1) is 6.92 Å². The Kier molecular flexibility index (Phi) is 2.71. The highest BCUT2D eigenvalue weighted by Crippen LogP contribution is 2.18. The van der Waals surface area contributed by atoms with Crippen molar-refractivity contribution in [1.82, 2.24) is 0 Å². The van der Waals surface area contributed by atoms with Gasteiger partial charge in [-0.2, -0.15) is 0 Å². The monoisotopic (exact) mass is 166 g/mol. The van der Waals surface area contributed by atoms with Crippen molar-refractivity contribution in [1.29, 1.82) is 0 Å². The molecular weight excluding hydrogens is 152 g/mol. The summed E-state index contributed by atoms with van der Waals surface area (Å²) in [5.41, 5.74) is 1.91. The van der Waals surface area contributed by atoms with E-state index in [0.29, 0.717) is 0 Å². The molecule has 0 spiro atoms. The van der Waals surface area contributed by atoms with Crippen LogP contribution in [-0.2, 0) is 0 Å². The molecule has 12 heavy (non-hydrogen) atoms. The zero-order valence-corrected chi connectivity index (χ0v) is 7.66. The van der Waals surface area contributed by atoms with Gasteiger partial charge in [0.15, 0.2) is 0 Å². The van der Waals surface area contributed by atoms with Gasteiger partial charge >= 0.3 is 0 Å². The van der Waals surface area contributed by atoms with Crippen LogP contribution in [-0.4, -0.2) is 5.11 Å². The SMILES string of the molecule is CC(C)=CC(O)c1coc(C)c1. The molecule has 66 valence electrons. The van der Waals surface area contributed by atoms with Crippen LogP contribution in [0.1, 0.15) is 31.3 Å². The van der Waals surface area contributed by atoms with Crippen LogP contribution in [0.25, 0.3) is 0 Å². The summed E-state index contributed by atoms with van der Waals surface area (Å²) in [5.74, 6) is 0.825. The summed E-state index contributed by atoms with van der Waals surface area (Å²) in [6.07, 6.45) is 2.84. The third-order valence-electron chi connectivity index (χ3n) is 1.58. The van der Waals surface area contributed by atoms with E-state index in [-0.39, 0.29) is 0 Å². The molecule has 0 aliphatic carbocycles. The fraction of sp³-hybridized carbons (Fsp3) is 0.400. The first-order chi connectivity index (χ1) is 5.59. The number of hydrogen-bond acceptors (Lipinski definition) is 2. The largest absolute Gasteiger partial charge is 0.469 e. The molecule has 0 fully saturated rings. The van der Waals surface area contributed by atoms with Crippen molar-refractivity contribution in [3.05, 3.63) is 35.3 Å². The molecule has 1 rings (SSSR count). The van der Waals surface area contributed by atoms with Crippen LogP contribution >= 0.6 is 0 Å². The summed E-state index contributed by atoms with van der Waals surface area (Å²) in [6, 6.07) is 1.84. The summed E-state index contributed by atoms with van der Waals surface area (Å²) in [7, 11) is 0. The molecule has 0 saturated heterocycles. The molecule has 1 heterocycles. The first-order valence-corrected chi connectivity index (χ1v) is 3.97. The second-order valence-electron chi connectivity index (χ2n) is 3.18. The number of furan rings is 1. The second-order valence-corrected chi connectivity index (χ2v) is 3.18. The molecule has 0 aliphatic heterocycles. The van der Waals surface area contributed by atoms with Crippen molar-refractivity contribution in [2.24, 2.45) is 0 Å². The van der Waals surface area contributed by atoms with Crippen LogP contribution < -0.4 is 0 Å². The van der Waals surface area contributed by atoms with E-state index in [1.54, 1.807) is 12.3 Å². The van der Waals surface area contributed by atoms with Gasteiger partial charge in [0, 0.05) is 5.56 Å². The number of hydrogen-bond donors (Lipinski definition) is 1. The molecule has 0 radical (unpaired) electrons. The molecule has 0 aromatic carbocycles. The van der Waals surface area contributed by atoms with Gasteiger partial charge in [-0.25, -0.2) is 0 Å². The molecule has 1 atom stereocenters. The molecule has 1 aromatic rings. The summed E-state index contributed by atoms with van der Waals surface area (Å²) in [6.45, 7) is 5.77. The predicted octanol–water partition coefficient (Wildman–Crippen LogP) is 2.59. The van der Waals surface area contributed by atoms with Crippen LogP contribution in [0.2, 0.25) is 0 Å². The molecule has 1 unspecified atom stereocenters. The van der Waals surface area contributed by atoms with E-state index >= 15 is 0 Å². The Morgan fingerprint density at radius 3 is 2.67 bits per heavy atom. The zero-order chi connectivity index (χ0) is 9.14. The van der Waals surface area contributed by atoms with Gasteiger partial charge in [0.1, 0.15) is 11.9 Å². The fourth-order valence-corrected chi connectivity index (χ4v) is 1.03. The average molecular weight is 166 g/mol. The van der Waals surface area contributed by atoms with Gasteiger partial charge in [-0.15, -0.1) is 0 Å². The lowest BCUT2D eigenvalue weighted by Gasteiger charge is -2.01. The number of aliphatic hydroxyl groups excluding tert-OH is 1. The van der Waals surface area contributed by atoms with Crippen molar-refractivity contribution < 1.29 is 9.52 Å². The van der Waals surface area contributed by atoms with Crippen molar-refractivity contribution in [3.8, 4) is 0 Å². The van der Waals surface area contributed by atoms with Gasteiger partial charge < -0.3 is 9.52 Å². The van der Waals surface area contributed by atoms with Gasteiger partial charge in [-0.1, -0.05) is 11.6 Å². The van der Waals surface area contributed by atoms with Crippen LogP contribution in [0.5, 0.6) is 0 Å². The molecule has 1 N–H and O–H groups in total. The molecule has 1 aromatic heterocycles. The van der Waals surface area contributed by atoms with Crippen molar-refractivity contribution in [2.45, 2.75) is 26.9 Å². The average Bonchev–Trinajstić information content (AvgIpc) is 2.34. The van der Waals surface area contributed by atoms with Gasteiger partial charge in [0.05, 0.1) is 6.26 Å². The fourth-order valence-electron chi connectivity index (χ4n) is 1.03. The zero-order valence-electron chi connectivity index (χ0n) is 7.66. The van der Waals surface area contributed by atoms with E-state index in [1.165, 1.54) is 0 Å². The maximum atomic E-state index is 9.57. The van der Waals surface area contributed by atoms with E-state index < -0.39 is 6.10 Å². The number of aryl methyl sites for hydroxylation is 1. The van der Waals surface area contributed by atoms with Crippen LogP contribution in [0.4, 0.5) is 0 Å². The highest BCUT2D eigenvalue weighted by molar-refractivity contribution is 5.19. The number of rotatable bonds is 2. The van der Waals surface area contributed by atoms with E-state index in [4.69, 9.17) is 4.42 Å². The number of aliphatic hydroxyl groups is 1. The quantitative estimate of drug-likeness (QED) is 0.685. The Morgan fingerprint density at radius 1 is 1.58 bits per heavy atom. The maximum Gasteiger partial charge on any atom is 0.101 e. The number of allylic oxidation sites excluding steroid dienone is 1. The Hall–Kier alpha value is -1.02. The lowest BCUT2D eigenvalue weighted by Crippen LogP contribution is -1.90. The summed E-state index contributed by atoms with van der Waals surface area (Å²) in [4.78, 5) is 0. The van der Waals surface area contributed by atoms with E-state index in [1.807, 2.05) is 26.8 Å². The minimum Gasteiger partial charge on any atom is -0.469 e. The van der Waals surface area contributed by atoms with E-state index in [0.717, 1.165) is 16.9 Å². The molecule has 0 bridgehead atoms. The summed E-state index contributed by atoms with van der Waals surface area (Å²) in [5, 5.41) is 9.57. The van der Waals surface area contributed by atoms with Gasteiger partial charge in [-0.3, -0.25) is 0 Å². The molecule has 0 amide bonds. The van der Waals surface area contributed by atoms with Gasteiger partial charge in [0.25, 0.3) is 0 Å². The Bertz CT molecular complexity index is 280. The smallest absolute Gasteiger partial charge is 0.101 e. The minimum absolute atomic E-state index is 0.535. The Morgan fingerprint density at radius 2 is 2.25 bits per heavy atom. The van der Waals surface area contributed by atoms with Crippen molar-refractivity contribution >= 4 is 0 Å². The lowest BCUT2D eigenvalue weighted by molar-refractivity contribution is 0.226. The first kappa shape index (κ1) is 9.07. The maximum absolute atomic E-state index is 9.57. The Labute approximate surface area is 72.5 Å². The lowest BCUT2D eigenvalue weighted by atomic mass is 10.1. The molecule has 2 nitrogen and oxygen atoms in total. The van der Waals surface area contributed by atoms with Crippen molar-refractivity contribution in [3.63, 3.8) is 0 Å². The van der Waals surface area contributed by atoms with Crippen LogP contribution in [0.3, 0.4) is 0 Å².